The van der Waals surface area contributed by atoms with Gasteiger partial charge in [0.1, 0.15) is 18.0 Å². The molecule has 0 unspecified atom stereocenters. The minimum Gasteiger partial charge on any atom is -0.497 e. The number of rotatable bonds is 5. The van der Waals surface area contributed by atoms with Crippen LogP contribution in [0.3, 0.4) is 0 Å². The third-order valence-electron chi connectivity index (χ3n) is 5.11. The maximum atomic E-state index is 13.0. The molecule has 0 spiro atoms. The lowest BCUT2D eigenvalue weighted by molar-refractivity contribution is -0.116. The number of carbonyl (C=O) groups is 1. The highest BCUT2D eigenvalue weighted by Gasteiger charge is 2.15. The number of aromatic nitrogens is 1. The molecule has 6 nitrogen and oxygen atoms in total. The molecule has 1 aromatic heterocycles. The lowest BCUT2D eigenvalue weighted by atomic mass is 10.1. The average Bonchev–Trinajstić information content (AvgIpc) is 2.77. The number of para-hydroxylation sites is 1. The monoisotopic (exact) mass is 402 g/mol. The topological polar surface area (TPSA) is 69.6 Å². The van der Waals surface area contributed by atoms with Crippen molar-refractivity contribution in [1.82, 2.24) is 4.57 Å². The lowest BCUT2D eigenvalue weighted by Gasteiger charge is -2.16. The molecule has 0 fully saturated rings. The Morgan fingerprint density at radius 3 is 2.47 bits per heavy atom. The van der Waals surface area contributed by atoms with E-state index in [2.05, 4.69) is 5.32 Å². The van der Waals surface area contributed by atoms with Crippen molar-refractivity contribution < 1.29 is 14.3 Å². The van der Waals surface area contributed by atoms with Crippen molar-refractivity contribution in [3.63, 3.8) is 0 Å². The number of hydrogen-bond donors (Lipinski definition) is 1. The van der Waals surface area contributed by atoms with E-state index in [1.54, 1.807) is 31.4 Å². The first-order chi connectivity index (χ1) is 14.5. The molecule has 30 heavy (non-hydrogen) atoms. The molecule has 0 aliphatic rings. The molecular formula is C24H22N2O4. The summed E-state index contributed by atoms with van der Waals surface area (Å²) in [5.41, 5.74) is 2.96. The van der Waals surface area contributed by atoms with Crippen LogP contribution in [0.2, 0.25) is 0 Å². The Labute approximate surface area is 173 Å². The zero-order valence-electron chi connectivity index (χ0n) is 17.1. The summed E-state index contributed by atoms with van der Waals surface area (Å²) < 4.78 is 12.4. The predicted octanol–water partition coefficient (Wildman–Crippen LogP) is 4.12. The van der Waals surface area contributed by atoms with Crippen LogP contribution in [0.15, 0.2) is 65.5 Å². The van der Waals surface area contributed by atoms with Crippen molar-refractivity contribution in [2.75, 3.05) is 19.5 Å². The zero-order chi connectivity index (χ0) is 21.3. The van der Waals surface area contributed by atoms with Crippen molar-refractivity contribution in [3.8, 4) is 11.5 Å². The smallest absolute Gasteiger partial charge is 0.244 e. The Morgan fingerprint density at radius 1 is 0.933 bits per heavy atom. The largest absolute Gasteiger partial charge is 0.497 e. The number of amides is 1. The van der Waals surface area contributed by atoms with E-state index in [0.29, 0.717) is 28.0 Å². The third kappa shape index (κ3) is 3.48. The van der Waals surface area contributed by atoms with Gasteiger partial charge in [-0.2, -0.15) is 0 Å². The van der Waals surface area contributed by atoms with E-state index in [4.69, 9.17) is 9.47 Å². The molecule has 0 radical (unpaired) electrons. The Morgan fingerprint density at radius 2 is 1.70 bits per heavy atom. The normalized spacial score (nSPS) is 10.9. The van der Waals surface area contributed by atoms with E-state index in [-0.39, 0.29) is 17.9 Å². The van der Waals surface area contributed by atoms with Crippen LogP contribution in [0.5, 0.6) is 11.5 Å². The molecule has 6 heteroatoms. The van der Waals surface area contributed by atoms with Crippen LogP contribution in [-0.2, 0) is 11.3 Å². The standard InChI is InChI=1S/C24H22N2O4/c1-15-8-11-21-18(12-15)24(28)17-6-4-5-7-20(17)26(21)14-23(27)25-19-10-9-16(29-2)13-22(19)30-3/h4-13H,14H2,1-3H3,(H,25,27). The van der Waals surface area contributed by atoms with E-state index in [1.165, 1.54) is 7.11 Å². The number of fused-ring (bicyclic) bond motifs is 2. The molecule has 3 aromatic carbocycles. The van der Waals surface area contributed by atoms with Crippen LogP contribution in [0.4, 0.5) is 5.69 Å². The van der Waals surface area contributed by atoms with Gasteiger partial charge in [-0.05, 0) is 43.3 Å². The van der Waals surface area contributed by atoms with Gasteiger partial charge in [-0.3, -0.25) is 9.59 Å². The second-order valence-electron chi connectivity index (χ2n) is 7.07. The fourth-order valence-electron chi connectivity index (χ4n) is 3.65. The van der Waals surface area contributed by atoms with Gasteiger partial charge in [0.2, 0.25) is 5.91 Å². The van der Waals surface area contributed by atoms with Crippen molar-refractivity contribution in [3.05, 3.63) is 76.5 Å². The summed E-state index contributed by atoms with van der Waals surface area (Å²) in [4.78, 5) is 25.9. The van der Waals surface area contributed by atoms with Crippen LogP contribution in [-0.4, -0.2) is 24.7 Å². The average molecular weight is 402 g/mol. The summed E-state index contributed by atoms with van der Waals surface area (Å²) in [7, 11) is 3.11. The molecule has 0 saturated heterocycles. The Bertz CT molecular complexity index is 1320. The van der Waals surface area contributed by atoms with Crippen LogP contribution >= 0.6 is 0 Å². The second-order valence-corrected chi connectivity index (χ2v) is 7.07. The zero-order valence-corrected chi connectivity index (χ0v) is 17.1. The summed E-state index contributed by atoms with van der Waals surface area (Å²) in [6.45, 7) is 2.00. The molecule has 4 aromatic rings. The maximum Gasteiger partial charge on any atom is 0.244 e. The quantitative estimate of drug-likeness (QED) is 0.510. The Balaban J connectivity index is 1.77. The van der Waals surface area contributed by atoms with E-state index < -0.39 is 0 Å². The number of aryl methyl sites for hydroxylation is 1. The molecule has 152 valence electrons. The van der Waals surface area contributed by atoms with Crippen LogP contribution in [0, 0.1) is 6.92 Å². The van der Waals surface area contributed by atoms with Crippen molar-refractivity contribution in [2.45, 2.75) is 13.5 Å². The van der Waals surface area contributed by atoms with Gasteiger partial charge in [0.05, 0.1) is 30.9 Å². The number of pyridine rings is 1. The lowest BCUT2D eigenvalue weighted by Crippen LogP contribution is -2.21. The van der Waals surface area contributed by atoms with Crippen molar-refractivity contribution in [1.29, 1.82) is 0 Å². The second kappa shape index (κ2) is 7.91. The first kappa shape index (κ1) is 19.5. The van der Waals surface area contributed by atoms with Gasteiger partial charge >= 0.3 is 0 Å². The summed E-state index contributed by atoms with van der Waals surface area (Å²) in [6, 6.07) is 18.2. The number of carbonyl (C=O) groups excluding carboxylic acids is 1. The van der Waals surface area contributed by atoms with Gasteiger partial charge in [0.15, 0.2) is 5.43 Å². The van der Waals surface area contributed by atoms with E-state index in [1.807, 2.05) is 47.9 Å². The minimum atomic E-state index is -0.228. The third-order valence-corrected chi connectivity index (χ3v) is 5.11. The van der Waals surface area contributed by atoms with E-state index in [9.17, 15) is 9.59 Å². The highest BCUT2D eigenvalue weighted by molar-refractivity contribution is 5.98. The molecule has 4 rings (SSSR count). The molecule has 0 atom stereocenters. The SMILES string of the molecule is COc1ccc(NC(=O)Cn2c3ccccc3c(=O)c3cc(C)ccc32)c(OC)c1. The van der Waals surface area contributed by atoms with Gasteiger partial charge in [-0.25, -0.2) is 0 Å². The molecule has 0 bridgehead atoms. The molecule has 1 N–H and O–H groups in total. The number of nitrogens with one attached hydrogen (secondary N) is 1. The van der Waals surface area contributed by atoms with Crippen molar-refractivity contribution in [2.24, 2.45) is 0 Å². The number of nitrogens with zero attached hydrogens (tertiary/aromatic N) is 1. The Hall–Kier alpha value is -3.80. The number of methoxy groups -OCH3 is 2. The summed E-state index contributed by atoms with van der Waals surface area (Å²) >= 11 is 0. The first-order valence-corrected chi connectivity index (χ1v) is 9.55. The fourth-order valence-corrected chi connectivity index (χ4v) is 3.65. The van der Waals surface area contributed by atoms with Gasteiger partial charge in [-0.15, -0.1) is 0 Å². The molecular weight excluding hydrogens is 380 g/mol. The van der Waals surface area contributed by atoms with E-state index in [0.717, 1.165) is 16.6 Å². The summed E-state index contributed by atoms with van der Waals surface area (Å²) in [5, 5.41) is 4.09. The summed E-state index contributed by atoms with van der Waals surface area (Å²) in [5.74, 6) is 0.916. The molecule has 0 aliphatic carbocycles. The number of benzene rings is 3. The number of hydrogen-bond acceptors (Lipinski definition) is 4. The minimum absolute atomic E-state index is 0.0298. The first-order valence-electron chi connectivity index (χ1n) is 9.55. The van der Waals surface area contributed by atoms with Gasteiger partial charge in [-0.1, -0.05) is 23.8 Å². The van der Waals surface area contributed by atoms with Gasteiger partial charge in [0, 0.05) is 16.8 Å². The molecule has 0 saturated carbocycles. The molecule has 1 heterocycles. The van der Waals surface area contributed by atoms with E-state index >= 15 is 0 Å². The van der Waals surface area contributed by atoms with Gasteiger partial charge < -0.3 is 19.4 Å². The maximum absolute atomic E-state index is 13.0. The van der Waals surface area contributed by atoms with Crippen LogP contribution in [0.25, 0.3) is 21.8 Å². The predicted molar refractivity (Wildman–Crippen MR) is 119 cm³/mol. The summed E-state index contributed by atoms with van der Waals surface area (Å²) in [6.07, 6.45) is 0. The highest BCUT2D eigenvalue weighted by atomic mass is 16.5. The van der Waals surface area contributed by atoms with Gasteiger partial charge in [0.25, 0.3) is 0 Å². The number of ether oxygens (including phenoxy) is 2. The Kier molecular flexibility index (Phi) is 5.14. The molecule has 0 aliphatic heterocycles. The van der Waals surface area contributed by atoms with Crippen molar-refractivity contribution >= 4 is 33.4 Å². The number of anilines is 1. The van der Waals surface area contributed by atoms with Crippen LogP contribution < -0.4 is 20.2 Å². The fraction of sp³-hybridized carbons (Fsp3) is 0.167. The molecule has 1 amide bonds. The highest BCUT2D eigenvalue weighted by Crippen LogP contribution is 2.29. The van der Waals surface area contributed by atoms with Crippen LogP contribution in [0.1, 0.15) is 5.56 Å².